The third-order valence-electron chi connectivity index (χ3n) is 3.38. The number of Topliss-reactive ketones (excluding diaryl/α,β-unsaturated/α-hetero) is 1. The minimum atomic E-state index is 0.152. The first-order chi connectivity index (χ1) is 9.61. The van der Waals surface area contributed by atoms with Gasteiger partial charge in [-0.15, -0.1) is 0 Å². The minimum absolute atomic E-state index is 0.152. The molecule has 0 N–H and O–H groups in total. The van der Waals surface area contributed by atoms with Crippen LogP contribution < -0.4 is 4.74 Å². The topological polar surface area (TPSA) is 39.2 Å². The molecular weight excluding hydrogens is 250 g/mol. The van der Waals surface area contributed by atoms with Crippen molar-refractivity contribution >= 4 is 5.78 Å². The molecule has 0 saturated heterocycles. The van der Waals surface area contributed by atoms with Gasteiger partial charge in [-0.2, -0.15) is 0 Å². The fraction of sp³-hybridized carbons (Fsp3) is 0.294. The number of hydrogen-bond acceptors (Lipinski definition) is 3. The number of methoxy groups -OCH3 is 1. The lowest BCUT2D eigenvalue weighted by atomic mass is 9.98. The summed E-state index contributed by atoms with van der Waals surface area (Å²) in [6.07, 6.45) is 2.90. The zero-order chi connectivity index (χ0) is 14.5. The summed E-state index contributed by atoms with van der Waals surface area (Å²) >= 11 is 0. The van der Waals surface area contributed by atoms with Crippen LogP contribution in [0.1, 0.15) is 33.6 Å². The molecule has 0 aliphatic heterocycles. The van der Waals surface area contributed by atoms with E-state index in [2.05, 4.69) is 4.98 Å². The summed E-state index contributed by atoms with van der Waals surface area (Å²) in [6.45, 7) is 3.89. The SMILES string of the molecule is COc1cc(C)c(C(=O)CCc2ccccn2)cc1C. The summed E-state index contributed by atoms with van der Waals surface area (Å²) in [7, 11) is 1.64. The number of carbonyl (C=O) groups excluding carboxylic acids is 1. The maximum Gasteiger partial charge on any atom is 0.163 e. The molecule has 3 nitrogen and oxygen atoms in total. The van der Waals surface area contributed by atoms with E-state index >= 15 is 0 Å². The Morgan fingerprint density at radius 2 is 2.00 bits per heavy atom. The van der Waals surface area contributed by atoms with Gasteiger partial charge in [-0.1, -0.05) is 6.07 Å². The molecular formula is C17H19NO2. The Morgan fingerprint density at radius 3 is 2.65 bits per heavy atom. The molecule has 2 aromatic rings. The number of nitrogens with zero attached hydrogens (tertiary/aromatic N) is 1. The number of hydrogen-bond donors (Lipinski definition) is 0. The average Bonchev–Trinajstić information content (AvgIpc) is 2.47. The number of pyridine rings is 1. The molecule has 0 unspecified atom stereocenters. The number of benzene rings is 1. The van der Waals surface area contributed by atoms with E-state index in [4.69, 9.17) is 4.74 Å². The van der Waals surface area contributed by atoms with Gasteiger partial charge in [0.25, 0.3) is 0 Å². The molecule has 2 rings (SSSR count). The van der Waals surface area contributed by atoms with E-state index < -0.39 is 0 Å². The highest BCUT2D eigenvalue weighted by Gasteiger charge is 2.12. The van der Waals surface area contributed by atoms with E-state index in [0.29, 0.717) is 12.8 Å². The summed E-state index contributed by atoms with van der Waals surface area (Å²) in [6, 6.07) is 9.59. The summed E-state index contributed by atoms with van der Waals surface area (Å²) < 4.78 is 5.27. The van der Waals surface area contributed by atoms with Crippen molar-refractivity contribution in [3.8, 4) is 5.75 Å². The second-order valence-corrected chi connectivity index (χ2v) is 4.88. The van der Waals surface area contributed by atoms with Gasteiger partial charge in [0.05, 0.1) is 7.11 Å². The van der Waals surface area contributed by atoms with Gasteiger partial charge in [0, 0.05) is 23.9 Å². The van der Waals surface area contributed by atoms with Crippen molar-refractivity contribution in [1.82, 2.24) is 4.98 Å². The van der Waals surface area contributed by atoms with Gasteiger partial charge < -0.3 is 4.74 Å². The normalized spacial score (nSPS) is 10.3. The smallest absolute Gasteiger partial charge is 0.163 e. The molecule has 0 spiro atoms. The first-order valence-corrected chi connectivity index (χ1v) is 6.70. The Hall–Kier alpha value is -2.16. The molecule has 3 heteroatoms. The average molecular weight is 269 g/mol. The zero-order valence-electron chi connectivity index (χ0n) is 12.1. The van der Waals surface area contributed by atoms with Gasteiger partial charge in [0.1, 0.15) is 5.75 Å². The van der Waals surface area contributed by atoms with Crippen molar-refractivity contribution in [3.05, 3.63) is 58.9 Å². The lowest BCUT2D eigenvalue weighted by molar-refractivity contribution is 0.0982. The van der Waals surface area contributed by atoms with Gasteiger partial charge >= 0.3 is 0 Å². The fourth-order valence-corrected chi connectivity index (χ4v) is 2.23. The molecule has 0 aliphatic rings. The monoisotopic (exact) mass is 269 g/mol. The standard InChI is InChI=1S/C17H19NO2/c1-12-11-17(20-3)13(2)10-15(12)16(19)8-7-14-6-4-5-9-18-14/h4-6,9-11H,7-8H2,1-3H3. The van der Waals surface area contributed by atoms with E-state index in [0.717, 1.165) is 28.1 Å². The third-order valence-corrected chi connectivity index (χ3v) is 3.38. The minimum Gasteiger partial charge on any atom is -0.496 e. The predicted molar refractivity (Wildman–Crippen MR) is 79.4 cm³/mol. The highest BCUT2D eigenvalue weighted by Crippen LogP contribution is 2.23. The summed E-state index contributed by atoms with van der Waals surface area (Å²) in [4.78, 5) is 16.6. The van der Waals surface area contributed by atoms with E-state index in [-0.39, 0.29) is 5.78 Å². The second-order valence-electron chi connectivity index (χ2n) is 4.88. The third kappa shape index (κ3) is 3.23. The van der Waals surface area contributed by atoms with Crippen LogP contribution in [-0.2, 0) is 6.42 Å². The second kappa shape index (κ2) is 6.33. The van der Waals surface area contributed by atoms with Crippen molar-refractivity contribution in [3.63, 3.8) is 0 Å². The van der Waals surface area contributed by atoms with E-state index in [1.807, 2.05) is 44.2 Å². The molecule has 1 aromatic carbocycles. The molecule has 0 radical (unpaired) electrons. The Morgan fingerprint density at radius 1 is 1.20 bits per heavy atom. The Kier molecular flexibility index (Phi) is 4.51. The first-order valence-electron chi connectivity index (χ1n) is 6.70. The molecule has 0 atom stereocenters. The fourth-order valence-electron chi connectivity index (χ4n) is 2.23. The van der Waals surface area contributed by atoms with Crippen LogP contribution in [0.2, 0.25) is 0 Å². The Labute approximate surface area is 119 Å². The Bertz CT molecular complexity index is 606. The van der Waals surface area contributed by atoms with Crippen LogP contribution in [-0.4, -0.2) is 17.9 Å². The highest BCUT2D eigenvalue weighted by atomic mass is 16.5. The van der Waals surface area contributed by atoms with Crippen LogP contribution in [0.5, 0.6) is 5.75 Å². The zero-order valence-corrected chi connectivity index (χ0v) is 12.1. The van der Waals surface area contributed by atoms with Crippen molar-refractivity contribution < 1.29 is 9.53 Å². The quantitative estimate of drug-likeness (QED) is 0.780. The lowest BCUT2D eigenvalue weighted by Gasteiger charge is -2.10. The lowest BCUT2D eigenvalue weighted by Crippen LogP contribution is -2.05. The van der Waals surface area contributed by atoms with Crippen molar-refractivity contribution in [2.24, 2.45) is 0 Å². The van der Waals surface area contributed by atoms with Gasteiger partial charge in [-0.25, -0.2) is 0 Å². The highest BCUT2D eigenvalue weighted by molar-refractivity contribution is 5.97. The van der Waals surface area contributed by atoms with Crippen LogP contribution >= 0.6 is 0 Å². The number of aromatic nitrogens is 1. The summed E-state index contributed by atoms with van der Waals surface area (Å²) in [5.41, 5.74) is 3.67. The molecule has 0 saturated carbocycles. The largest absolute Gasteiger partial charge is 0.496 e. The van der Waals surface area contributed by atoms with Crippen LogP contribution in [0, 0.1) is 13.8 Å². The number of aryl methyl sites for hydroxylation is 3. The van der Waals surface area contributed by atoms with Crippen LogP contribution in [0.3, 0.4) is 0 Å². The van der Waals surface area contributed by atoms with Gasteiger partial charge in [-0.3, -0.25) is 9.78 Å². The summed E-state index contributed by atoms with van der Waals surface area (Å²) in [5.74, 6) is 0.975. The van der Waals surface area contributed by atoms with Crippen LogP contribution in [0.15, 0.2) is 36.5 Å². The maximum atomic E-state index is 12.3. The Balaban J connectivity index is 2.11. The van der Waals surface area contributed by atoms with Crippen LogP contribution in [0.4, 0.5) is 0 Å². The van der Waals surface area contributed by atoms with Crippen LogP contribution in [0.25, 0.3) is 0 Å². The molecule has 0 amide bonds. The van der Waals surface area contributed by atoms with Crippen molar-refractivity contribution in [1.29, 1.82) is 0 Å². The van der Waals surface area contributed by atoms with E-state index in [1.54, 1.807) is 13.3 Å². The van der Waals surface area contributed by atoms with Gasteiger partial charge in [0.2, 0.25) is 0 Å². The number of ether oxygens (including phenoxy) is 1. The molecule has 20 heavy (non-hydrogen) atoms. The molecule has 1 aromatic heterocycles. The number of rotatable bonds is 5. The first kappa shape index (κ1) is 14.3. The molecule has 0 fully saturated rings. The molecule has 0 bridgehead atoms. The van der Waals surface area contributed by atoms with Gasteiger partial charge in [-0.05, 0) is 55.7 Å². The number of ketones is 1. The van der Waals surface area contributed by atoms with Crippen molar-refractivity contribution in [2.45, 2.75) is 26.7 Å². The summed E-state index contributed by atoms with van der Waals surface area (Å²) in [5, 5.41) is 0. The molecule has 0 aliphatic carbocycles. The predicted octanol–water partition coefficient (Wildman–Crippen LogP) is 3.52. The number of carbonyl (C=O) groups is 1. The molecule has 104 valence electrons. The van der Waals surface area contributed by atoms with Gasteiger partial charge in [0.15, 0.2) is 5.78 Å². The molecule has 1 heterocycles. The van der Waals surface area contributed by atoms with E-state index in [9.17, 15) is 4.79 Å². The van der Waals surface area contributed by atoms with E-state index in [1.165, 1.54) is 0 Å². The van der Waals surface area contributed by atoms with Crippen molar-refractivity contribution in [2.75, 3.05) is 7.11 Å². The maximum absolute atomic E-state index is 12.3.